The monoisotopic (exact) mass is 434 g/mol. The molecular weight excluding hydrogens is 404 g/mol. The van der Waals surface area contributed by atoms with Crippen molar-refractivity contribution in [2.45, 2.75) is 55.9 Å². The highest BCUT2D eigenvalue weighted by molar-refractivity contribution is 7.89. The molecule has 8 nitrogen and oxygen atoms in total. The molecule has 0 aromatic heterocycles. The van der Waals surface area contributed by atoms with Gasteiger partial charge < -0.3 is 5.32 Å². The van der Waals surface area contributed by atoms with E-state index >= 15 is 0 Å². The van der Waals surface area contributed by atoms with E-state index in [1.807, 2.05) is 17.0 Å². The Morgan fingerprint density at radius 3 is 2.40 bits per heavy atom. The largest absolute Gasteiger partial charge is 0.335 e. The number of carbonyl (C=O) groups excluding carboxylic acids is 2. The number of rotatable bonds is 5. The van der Waals surface area contributed by atoms with Crippen LogP contribution in [0.1, 0.15) is 43.2 Å². The fourth-order valence-electron chi connectivity index (χ4n) is 4.65. The zero-order valence-corrected chi connectivity index (χ0v) is 18.0. The Morgan fingerprint density at radius 2 is 1.67 bits per heavy atom. The van der Waals surface area contributed by atoms with Gasteiger partial charge in [-0.25, -0.2) is 13.2 Å². The third kappa shape index (κ3) is 4.84. The average molecular weight is 435 g/mol. The molecule has 2 aliphatic carbocycles. The maximum atomic E-state index is 13.0. The number of nitrogens with one attached hydrogen (secondary N) is 2. The molecule has 1 aliphatic heterocycles. The fraction of sp³-hybridized carbons (Fsp3) is 0.619. The summed E-state index contributed by atoms with van der Waals surface area (Å²) in [5.74, 6) is -0.361. The van der Waals surface area contributed by atoms with Gasteiger partial charge in [0, 0.05) is 32.2 Å². The molecule has 0 atom stereocenters. The van der Waals surface area contributed by atoms with Gasteiger partial charge >= 0.3 is 6.03 Å². The molecule has 3 amide bonds. The standard InChI is InChI=1S/C21H30N4O4S/c26-20(23-21(27)22-18-6-1-2-7-18)15-24-10-12-25(13-11-24)30(28,29)19-9-8-16-4-3-5-17(16)14-19/h8-9,14,18H,1-7,10-13,15H2,(H2,22,23,26,27). The molecule has 0 bridgehead atoms. The highest BCUT2D eigenvalue weighted by Gasteiger charge is 2.30. The first-order valence-electron chi connectivity index (χ1n) is 10.9. The van der Waals surface area contributed by atoms with Crippen LogP contribution in [-0.2, 0) is 27.7 Å². The summed E-state index contributed by atoms with van der Waals surface area (Å²) in [6.45, 7) is 1.68. The van der Waals surface area contributed by atoms with Crippen molar-refractivity contribution < 1.29 is 18.0 Å². The van der Waals surface area contributed by atoms with Crippen molar-refractivity contribution in [3.63, 3.8) is 0 Å². The van der Waals surface area contributed by atoms with Crippen LogP contribution in [0.5, 0.6) is 0 Å². The van der Waals surface area contributed by atoms with Crippen LogP contribution in [0.25, 0.3) is 0 Å². The Balaban J connectivity index is 1.26. The van der Waals surface area contributed by atoms with Crippen LogP contribution >= 0.6 is 0 Å². The maximum Gasteiger partial charge on any atom is 0.321 e. The van der Waals surface area contributed by atoms with Gasteiger partial charge in [0.05, 0.1) is 11.4 Å². The van der Waals surface area contributed by atoms with Crippen LogP contribution in [0.15, 0.2) is 23.1 Å². The highest BCUT2D eigenvalue weighted by atomic mass is 32.2. The lowest BCUT2D eigenvalue weighted by molar-refractivity contribution is -0.121. The minimum absolute atomic E-state index is 0.0881. The number of hydrogen-bond acceptors (Lipinski definition) is 5. The second-order valence-electron chi connectivity index (χ2n) is 8.47. The van der Waals surface area contributed by atoms with Crippen molar-refractivity contribution in [3.05, 3.63) is 29.3 Å². The van der Waals surface area contributed by atoms with Gasteiger partial charge in [-0.15, -0.1) is 0 Å². The maximum absolute atomic E-state index is 13.0. The molecule has 1 aromatic carbocycles. The summed E-state index contributed by atoms with van der Waals surface area (Å²) < 4.78 is 27.5. The second kappa shape index (κ2) is 9.03. The Labute approximate surface area is 178 Å². The first kappa shape index (κ1) is 21.3. The molecule has 1 heterocycles. The number of imide groups is 1. The van der Waals surface area contributed by atoms with E-state index in [-0.39, 0.29) is 18.5 Å². The Morgan fingerprint density at radius 1 is 0.967 bits per heavy atom. The zero-order chi connectivity index (χ0) is 21.1. The number of carbonyl (C=O) groups is 2. The third-order valence-electron chi connectivity index (χ3n) is 6.35. The smallest absolute Gasteiger partial charge is 0.321 e. The first-order valence-corrected chi connectivity index (χ1v) is 12.3. The second-order valence-corrected chi connectivity index (χ2v) is 10.4. The number of urea groups is 1. The Hall–Kier alpha value is -1.97. The molecule has 1 aromatic rings. The number of sulfonamides is 1. The lowest BCUT2D eigenvalue weighted by atomic mass is 10.1. The predicted octanol–water partition coefficient (Wildman–Crippen LogP) is 1.25. The van der Waals surface area contributed by atoms with Crippen LogP contribution in [0.2, 0.25) is 0 Å². The van der Waals surface area contributed by atoms with Gasteiger partial charge in [0.25, 0.3) is 0 Å². The molecule has 0 radical (unpaired) electrons. The van der Waals surface area contributed by atoms with E-state index in [1.54, 1.807) is 6.07 Å². The van der Waals surface area contributed by atoms with Crippen LogP contribution in [0, 0.1) is 0 Å². The molecule has 0 unspecified atom stereocenters. The zero-order valence-electron chi connectivity index (χ0n) is 17.2. The summed E-state index contributed by atoms with van der Waals surface area (Å²) in [7, 11) is -3.53. The van der Waals surface area contributed by atoms with E-state index in [4.69, 9.17) is 0 Å². The van der Waals surface area contributed by atoms with E-state index < -0.39 is 16.1 Å². The average Bonchev–Trinajstić information content (AvgIpc) is 3.39. The van der Waals surface area contributed by atoms with E-state index in [0.717, 1.165) is 50.5 Å². The van der Waals surface area contributed by atoms with Crippen molar-refractivity contribution in [3.8, 4) is 0 Å². The number of hydrogen-bond donors (Lipinski definition) is 2. The van der Waals surface area contributed by atoms with Crippen molar-refractivity contribution in [1.82, 2.24) is 19.8 Å². The minimum Gasteiger partial charge on any atom is -0.335 e. The van der Waals surface area contributed by atoms with Crippen LogP contribution in [0.3, 0.4) is 0 Å². The van der Waals surface area contributed by atoms with Gasteiger partial charge in [-0.1, -0.05) is 18.9 Å². The minimum atomic E-state index is -3.53. The fourth-order valence-corrected chi connectivity index (χ4v) is 6.12. The van der Waals surface area contributed by atoms with E-state index in [1.165, 1.54) is 9.87 Å². The SMILES string of the molecule is O=C(CN1CCN(S(=O)(=O)c2ccc3c(c2)CCC3)CC1)NC(=O)NC1CCCC1. The highest BCUT2D eigenvalue weighted by Crippen LogP contribution is 2.26. The van der Waals surface area contributed by atoms with Crippen LogP contribution < -0.4 is 10.6 Å². The molecule has 1 saturated carbocycles. The Bertz CT molecular complexity index is 904. The molecule has 9 heteroatoms. The number of benzene rings is 1. The van der Waals surface area contributed by atoms with E-state index in [9.17, 15) is 18.0 Å². The van der Waals surface area contributed by atoms with E-state index in [0.29, 0.717) is 31.1 Å². The number of aryl methyl sites for hydroxylation is 2. The number of fused-ring (bicyclic) bond motifs is 1. The molecule has 2 N–H and O–H groups in total. The molecule has 30 heavy (non-hydrogen) atoms. The van der Waals surface area contributed by atoms with Gasteiger partial charge in [0.1, 0.15) is 0 Å². The molecule has 2 fully saturated rings. The summed E-state index contributed by atoms with van der Waals surface area (Å²) in [6, 6.07) is 5.19. The normalized spacial score (nSPS) is 20.8. The van der Waals surface area contributed by atoms with Crippen molar-refractivity contribution >= 4 is 22.0 Å². The third-order valence-corrected chi connectivity index (χ3v) is 8.24. The molecular formula is C21H30N4O4S. The molecule has 1 saturated heterocycles. The van der Waals surface area contributed by atoms with Gasteiger partial charge in [-0.2, -0.15) is 4.31 Å². The van der Waals surface area contributed by atoms with Crippen molar-refractivity contribution in [2.75, 3.05) is 32.7 Å². The van der Waals surface area contributed by atoms with Crippen LogP contribution in [0.4, 0.5) is 4.79 Å². The lowest BCUT2D eigenvalue weighted by Crippen LogP contribution is -2.52. The summed E-state index contributed by atoms with van der Waals surface area (Å²) in [4.78, 5) is 26.3. The number of nitrogens with zero attached hydrogens (tertiary/aromatic N) is 2. The van der Waals surface area contributed by atoms with Crippen molar-refractivity contribution in [2.24, 2.45) is 0 Å². The molecule has 4 rings (SSSR count). The Kier molecular flexibility index (Phi) is 6.40. The van der Waals surface area contributed by atoms with Gasteiger partial charge in [-0.05, 0) is 55.4 Å². The summed E-state index contributed by atoms with van der Waals surface area (Å²) in [6.07, 6.45) is 7.18. The predicted molar refractivity (Wildman–Crippen MR) is 113 cm³/mol. The summed E-state index contributed by atoms with van der Waals surface area (Å²) in [5.41, 5.74) is 2.39. The number of amides is 3. The molecule has 0 spiro atoms. The van der Waals surface area contributed by atoms with Gasteiger partial charge in [0.15, 0.2) is 0 Å². The quantitative estimate of drug-likeness (QED) is 0.727. The lowest BCUT2D eigenvalue weighted by Gasteiger charge is -2.33. The van der Waals surface area contributed by atoms with Crippen molar-refractivity contribution in [1.29, 1.82) is 0 Å². The summed E-state index contributed by atoms with van der Waals surface area (Å²) in [5, 5.41) is 5.22. The topological polar surface area (TPSA) is 98.8 Å². The first-order chi connectivity index (χ1) is 14.4. The van der Waals surface area contributed by atoms with Gasteiger partial charge in [0.2, 0.25) is 15.9 Å². The van der Waals surface area contributed by atoms with E-state index in [2.05, 4.69) is 10.6 Å². The van der Waals surface area contributed by atoms with Crippen LogP contribution in [-0.4, -0.2) is 68.3 Å². The van der Waals surface area contributed by atoms with Gasteiger partial charge in [-0.3, -0.25) is 15.0 Å². The molecule has 3 aliphatic rings. The number of piperazine rings is 1. The molecule has 164 valence electrons. The summed E-state index contributed by atoms with van der Waals surface area (Å²) >= 11 is 0.